The van der Waals surface area contributed by atoms with Gasteiger partial charge in [-0.2, -0.15) is 0 Å². The average molecular weight is 352 g/mol. The summed E-state index contributed by atoms with van der Waals surface area (Å²) < 4.78 is 26.7. The summed E-state index contributed by atoms with van der Waals surface area (Å²) in [5.74, 6) is 0.567. The number of nitro benzene ring substituents is 1. The number of benzene rings is 2. The third-order valence-electron chi connectivity index (χ3n) is 3.02. The lowest BCUT2D eigenvalue weighted by atomic mass is 10.2. The molecule has 122 valence electrons. The van der Waals surface area contributed by atoms with Crippen LogP contribution in [0.3, 0.4) is 0 Å². The van der Waals surface area contributed by atoms with Crippen LogP contribution in [0.15, 0.2) is 58.3 Å². The van der Waals surface area contributed by atoms with Gasteiger partial charge in [0.1, 0.15) is 0 Å². The van der Waals surface area contributed by atoms with E-state index in [2.05, 4.69) is 4.72 Å². The first-order valence-electron chi connectivity index (χ1n) is 6.82. The van der Waals surface area contributed by atoms with Crippen molar-refractivity contribution in [3.05, 3.63) is 64.2 Å². The fourth-order valence-corrected chi connectivity index (χ4v) is 3.80. The quantitative estimate of drug-likeness (QED) is 0.358. The van der Waals surface area contributed by atoms with E-state index in [1.807, 2.05) is 31.2 Å². The molecule has 0 aliphatic carbocycles. The van der Waals surface area contributed by atoms with Crippen LogP contribution < -0.4 is 4.72 Å². The molecule has 23 heavy (non-hydrogen) atoms. The van der Waals surface area contributed by atoms with E-state index >= 15 is 0 Å². The minimum absolute atomic E-state index is 0.105. The van der Waals surface area contributed by atoms with Crippen molar-refractivity contribution in [1.29, 1.82) is 0 Å². The van der Waals surface area contributed by atoms with Crippen LogP contribution in [-0.2, 0) is 10.0 Å². The number of thioether (sulfide) groups is 1. The highest BCUT2D eigenvalue weighted by molar-refractivity contribution is 7.99. The molecule has 6 nitrogen and oxygen atoms in total. The van der Waals surface area contributed by atoms with Gasteiger partial charge in [0.25, 0.3) is 5.69 Å². The maximum absolute atomic E-state index is 12.1. The Balaban J connectivity index is 1.92. The number of hydrogen-bond acceptors (Lipinski definition) is 5. The second-order valence-electron chi connectivity index (χ2n) is 4.81. The molecule has 0 unspecified atom stereocenters. The third kappa shape index (κ3) is 5.05. The van der Waals surface area contributed by atoms with Crippen molar-refractivity contribution in [3.8, 4) is 0 Å². The molecule has 0 fully saturated rings. The average Bonchev–Trinajstić information content (AvgIpc) is 2.53. The molecule has 0 bridgehead atoms. The lowest BCUT2D eigenvalue weighted by Gasteiger charge is -2.07. The smallest absolute Gasteiger partial charge is 0.258 e. The van der Waals surface area contributed by atoms with Crippen LogP contribution in [0.2, 0.25) is 0 Å². The van der Waals surface area contributed by atoms with Crippen LogP contribution in [0.25, 0.3) is 0 Å². The molecule has 2 aromatic carbocycles. The highest BCUT2D eigenvalue weighted by atomic mass is 32.2. The molecule has 0 radical (unpaired) electrons. The summed E-state index contributed by atoms with van der Waals surface area (Å²) in [6, 6.07) is 13.0. The first kappa shape index (κ1) is 17.5. The van der Waals surface area contributed by atoms with Gasteiger partial charge in [0, 0.05) is 29.3 Å². The summed E-state index contributed by atoms with van der Waals surface area (Å²) in [4.78, 5) is 11.0. The molecule has 0 saturated heterocycles. The number of sulfonamides is 1. The van der Waals surface area contributed by atoms with Gasteiger partial charge in [-0.3, -0.25) is 10.1 Å². The monoisotopic (exact) mass is 352 g/mol. The van der Waals surface area contributed by atoms with E-state index in [0.717, 1.165) is 11.0 Å². The van der Waals surface area contributed by atoms with Gasteiger partial charge in [-0.1, -0.05) is 23.8 Å². The molecule has 8 heteroatoms. The summed E-state index contributed by atoms with van der Waals surface area (Å²) in [5.41, 5.74) is 0.919. The number of nitrogens with zero attached hydrogens (tertiary/aromatic N) is 1. The minimum Gasteiger partial charge on any atom is -0.258 e. The summed E-state index contributed by atoms with van der Waals surface area (Å²) in [5, 5.41) is 10.7. The SMILES string of the molecule is Cc1ccc(SCCNS(=O)(=O)c2cccc([N+](=O)[O-])c2)cc1. The number of rotatable bonds is 7. The maximum Gasteiger partial charge on any atom is 0.270 e. The predicted octanol–water partition coefficient (Wildman–Crippen LogP) is 2.97. The van der Waals surface area contributed by atoms with Crippen LogP contribution in [0.5, 0.6) is 0 Å². The van der Waals surface area contributed by atoms with Gasteiger partial charge in [0.2, 0.25) is 10.0 Å². The predicted molar refractivity (Wildman–Crippen MR) is 90.2 cm³/mol. The van der Waals surface area contributed by atoms with E-state index in [0.29, 0.717) is 5.75 Å². The van der Waals surface area contributed by atoms with Gasteiger partial charge in [-0.05, 0) is 25.1 Å². The van der Waals surface area contributed by atoms with Crippen molar-refractivity contribution in [2.45, 2.75) is 16.7 Å². The van der Waals surface area contributed by atoms with E-state index in [1.165, 1.54) is 35.5 Å². The Morgan fingerprint density at radius 1 is 1.17 bits per heavy atom. The molecular formula is C15H16N2O4S2. The molecule has 0 aromatic heterocycles. The second-order valence-corrected chi connectivity index (χ2v) is 7.75. The van der Waals surface area contributed by atoms with Crippen molar-refractivity contribution in [3.63, 3.8) is 0 Å². The molecule has 0 aliphatic heterocycles. The molecule has 2 aromatic rings. The molecule has 0 aliphatic rings. The second kappa shape index (κ2) is 7.58. The Bertz CT molecular complexity index is 789. The van der Waals surface area contributed by atoms with E-state index in [4.69, 9.17) is 0 Å². The Morgan fingerprint density at radius 2 is 1.87 bits per heavy atom. The molecular weight excluding hydrogens is 336 g/mol. The number of non-ortho nitro benzene ring substituents is 1. The van der Waals surface area contributed by atoms with Crippen LogP contribution in [0.4, 0.5) is 5.69 Å². The minimum atomic E-state index is -3.75. The van der Waals surface area contributed by atoms with Gasteiger partial charge >= 0.3 is 0 Å². The normalized spacial score (nSPS) is 11.3. The van der Waals surface area contributed by atoms with Gasteiger partial charge in [0.15, 0.2) is 0 Å². The standard InChI is InChI=1S/C15H16N2O4S2/c1-12-5-7-14(8-6-12)22-10-9-16-23(20,21)15-4-2-3-13(11-15)17(18)19/h2-8,11,16H,9-10H2,1H3. The number of aryl methyl sites for hydroxylation is 1. The lowest BCUT2D eigenvalue weighted by molar-refractivity contribution is -0.385. The Morgan fingerprint density at radius 3 is 2.52 bits per heavy atom. The molecule has 0 spiro atoms. The van der Waals surface area contributed by atoms with E-state index in [1.54, 1.807) is 0 Å². The van der Waals surface area contributed by atoms with E-state index < -0.39 is 14.9 Å². The zero-order valence-electron chi connectivity index (χ0n) is 12.4. The van der Waals surface area contributed by atoms with Crippen molar-refractivity contribution in [2.24, 2.45) is 0 Å². The van der Waals surface area contributed by atoms with Crippen LogP contribution >= 0.6 is 11.8 Å². The molecule has 2 rings (SSSR count). The van der Waals surface area contributed by atoms with E-state index in [9.17, 15) is 18.5 Å². The summed E-state index contributed by atoms with van der Waals surface area (Å²) in [6.07, 6.45) is 0. The number of hydrogen-bond donors (Lipinski definition) is 1. The Labute approximate surface area is 139 Å². The first-order valence-corrected chi connectivity index (χ1v) is 9.29. The Hall–Kier alpha value is -1.90. The summed E-state index contributed by atoms with van der Waals surface area (Å²) in [6.45, 7) is 2.24. The van der Waals surface area contributed by atoms with E-state index in [-0.39, 0.29) is 17.1 Å². The number of nitrogens with one attached hydrogen (secondary N) is 1. The fourth-order valence-electron chi connectivity index (χ4n) is 1.83. The molecule has 0 amide bonds. The zero-order valence-corrected chi connectivity index (χ0v) is 14.1. The van der Waals surface area contributed by atoms with Crippen molar-refractivity contribution >= 4 is 27.5 Å². The summed E-state index contributed by atoms with van der Waals surface area (Å²) in [7, 11) is -3.75. The lowest BCUT2D eigenvalue weighted by Crippen LogP contribution is -2.26. The zero-order chi connectivity index (χ0) is 16.9. The van der Waals surface area contributed by atoms with Gasteiger partial charge < -0.3 is 0 Å². The van der Waals surface area contributed by atoms with Crippen molar-refractivity contribution in [1.82, 2.24) is 4.72 Å². The van der Waals surface area contributed by atoms with Crippen molar-refractivity contribution < 1.29 is 13.3 Å². The molecule has 0 saturated carbocycles. The van der Waals surface area contributed by atoms with Gasteiger partial charge in [0.05, 0.1) is 9.82 Å². The van der Waals surface area contributed by atoms with Crippen LogP contribution in [-0.4, -0.2) is 25.6 Å². The van der Waals surface area contributed by atoms with Crippen molar-refractivity contribution in [2.75, 3.05) is 12.3 Å². The molecule has 0 atom stereocenters. The maximum atomic E-state index is 12.1. The molecule has 1 N–H and O–H groups in total. The highest BCUT2D eigenvalue weighted by Crippen LogP contribution is 2.19. The van der Waals surface area contributed by atoms with Crippen LogP contribution in [0.1, 0.15) is 5.56 Å². The van der Waals surface area contributed by atoms with Crippen LogP contribution in [0, 0.1) is 17.0 Å². The summed E-state index contributed by atoms with van der Waals surface area (Å²) >= 11 is 1.54. The first-order chi connectivity index (χ1) is 10.9. The topological polar surface area (TPSA) is 89.3 Å². The fraction of sp³-hybridized carbons (Fsp3) is 0.200. The van der Waals surface area contributed by atoms with Gasteiger partial charge in [-0.25, -0.2) is 13.1 Å². The number of nitro groups is 1. The largest absolute Gasteiger partial charge is 0.270 e. The Kier molecular flexibility index (Phi) is 5.75. The van der Waals surface area contributed by atoms with Gasteiger partial charge in [-0.15, -0.1) is 11.8 Å². The molecule has 0 heterocycles. The highest BCUT2D eigenvalue weighted by Gasteiger charge is 2.16. The third-order valence-corrected chi connectivity index (χ3v) is 5.50.